The molecule has 0 aliphatic heterocycles. The lowest BCUT2D eigenvalue weighted by atomic mass is 10.1. The zero-order chi connectivity index (χ0) is 11.9. The molecule has 0 fully saturated rings. The first-order valence-electron chi connectivity index (χ1n) is 5.66. The summed E-state index contributed by atoms with van der Waals surface area (Å²) in [5.74, 6) is 0. The molecule has 0 heterocycles. The maximum atomic E-state index is 2.53. The van der Waals surface area contributed by atoms with Crippen LogP contribution in [0.2, 0.25) is 25.2 Å². The van der Waals surface area contributed by atoms with Gasteiger partial charge in [0.2, 0.25) is 0 Å². The van der Waals surface area contributed by atoms with E-state index in [-0.39, 0.29) is 0 Å². The Hall–Kier alpha value is 0.0469. The second-order valence-electron chi connectivity index (χ2n) is 6.54. The fraction of sp³-hybridized carbons (Fsp3) is 0.692. The van der Waals surface area contributed by atoms with Crippen LogP contribution in [0.4, 0.5) is 0 Å². The van der Waals surface area contributed by atoms with Gasteiger partial charge in [-0.25, -0.2) is 10.0 Å². The van der Waals surface area contributed by atoms with Gasteiger partial charge in [-0.05, 0) is 31.2 Å². The lowest BCUT2D eigenvalue weighted by molar-refractivity contribution is 1.07. The quantitative estimate of drug-likeness (QED) is 0.501. The van der Waals surface area contributed by atoms with Crippen molar-refractivity contribution in [2.24, 2.45) is 0 Å². The van der Waals surface area contributed by atoms with Crippen molar-refractivity contribution in [3.05, 3.63) is 23.8 Å². The second-order valence-corrected chi connectivity index (χ2v) is 16.3. The van der Waals surface area contributed by atoms with Crippen LogP contribution in [-0.4, -0.2) is 32.1 Å². The lowest BCUT2D eigenvalue weighted by Gasteiger charge is -2.38. The summed E-state index contributed by atoms with van der Waals surface area (Å²) in [6, 6.07) is 0. The van der Waals surface area contributed by atoms with Crippen molar-refractivity contribution in [2.75, 3.05) is 18.8 Å². The topological polar surface area (TPSA) is 0 Å². The third-order valence-electron chi connectivity index (χ3n) is 3.16. The molecule has 2 atom stereocenters. The zero-order valence-electron chi connectivity index (χ0n) is 11.3. The van der Waals surface area contributed by atoms with Crippen LogP contribution in [0.5, 0.6) is 0 Å². The average Bonchev–Trinajstić information content (AvgIpc) is 1.99. The van der Waals surface area contributed by atoms with Gasteiger partial charge in [0.15, 0.2) is 0 Å². The Morgan fingerprint density at radius 1 is 1.07 bits per heavy atom. The van der Waals surface area contributed by atoms with Crippen LogP contribution in [0.25, 0.3) is 0 Å². The molecule has 0 saturated carbocycles. The molecule has 0 N–H and O–H groups in total. The predicted octanol–water partition coefficient (Wildman–Crippen LogP) is 4.27. The molecule has 1 aliphatic carbocycles. The molecule has 2 heteroatoms. The maximum absolute atomic E-state index is 2.53. The molecule has 0 aromatic carbocycles. The molecule has 1 rings (SSSR count). The first kappa shape index (κ1) is 13.1. The molecule has 15 heavy (non-hydrogen) atoms. The number of rotatable bonds is 2. The van der Waals surface area contributed by atoms with Crippen molar-refractivity contribution in [1.29, 1.82) is 0 Å². The van der Waals surface area contributed by atoms with E-state index >= 15 is 0 Å². The van der Waals surface area contributed by atoms with Crippen LogP contribution in [-0.2, 0) is 0 Å². The van der Waals surface area contributed by atoms with Gasteiger partial charge in [-0.1, -0.05) is 43.4 Å². The summed E-state index contributed by atoms with van der Waals surface area (Å²) in [5, 5.41) is 0.699. The molecular formula is C13H26SSi. The summed E-state index contributed by atoms with van der Waals surface area (Å²) in [5.41, 5.74) is 2.37. The van der Waals surface area contributed by atoms with Crippen molar-refractivity contribution < 1.29 is 0 Å². The van der Waals surface area contributed by atoms with Crippen LogP contribution < -0.4 is 0 Å². The number of allylic oxidation sites excluding steroid dienone is 2. The van der Waals surface area contributed by atoms with E-state index in [1.54, 1.807) is 5.57 Å². The minimum Gasteiger partial charge on any atom is -0.240 e. The predicted molar refractivity (Wildman–Crippen MR) is 79.1 cm³/mol. The monoisotopic (exact) mass is 242 g/mol. The molecule has 0 spiro atoms. The normalized spacial score (nSPS) is 28.9. The maximum Gasteiger partial charge on any atom is 0.0561 e. The van der Waals surface area contributed by atoms with E-state index in [1.807, 2.05) is 0 Å². The molecule has 1 aliphatic rings. The fourth-order valence-electron chi connectivity index (χ4n) is 2.20. The van der Waals surface area contributed by atoms with E-state index in [1.165, 1.54) is 0 Å². The fourth-order valence-corrected chi connectivity index (χ4v) is 5.54. The molecular weight excluding hydrogens is 216 g/mol. The summed E-state index contributed by atoms with van der Waals surface area (Å²) < 4.78 is 0. The minimum absolute atomic E-state index is 0.475. The standard InChI is InChI=1S/C13H26SSi/c1-11-10-12(14(2,3)4)8-9-13(11)15(5,6)7/h8-10,12-13H,1-7H3. The van der Waals surface area contributed by atoms with E-state index in [0.29, 0.717) is 5.25 Å². The van der Waals surface area contributed by atoms with Gasteiger partial charge >= 0.3 is 0 Å². The van der Waals surface area contributed by atoms with Gasteiger partial charge in [0.1, 0.15) is 0 Å². The average molecular weight is 243 g/mol. The SMILES string of the molecule is CC1=CC(S(C)(C)C)C=CC1[Si](C)(C)C. The third-order valence-corrected chi connectivity index (χ3v) is 7.60. The molecule has 0 radical (unpaired) electrons. The highest BCUT2D eigenvalue weighted by molar-refractivity contribution is 8.32. The molecule has 2 unspecified atom stereocenters. The van der Waals surface area contributed by atoms with Crippen LogP contribution in [0.3, 0.4) is 0 Å². The van der Waals surface area contributed by atoms with Crippen LogP contribution >= 0.6 is 10.0 Å². The van der Waals surface area contributed by atoms with Crippen molar-refractivity contribution >= 4 is 18.1 Å². The van der Waals surface area contributed by atoms with Crippen molar-refractivity contribution in [1.82, 2.24) is 0 Å². The third kappa shape index (κ3) is 3.25. The van der Waals surface area contributed by atoms with E-state index in [0.717, 1.165) is 5.54 Å². The second kappa shape index (κ2) is 4.14. The smallest absolute Gasteiger partial charge is 0.0561 e. The van der Waals surface area contributed by atoms with Crippen LogP contribution in [0, 0.1) is 0 Å². The summed E-state index contributed by atoms with van der Waals surface area (Å²) in [6.07, 6.45) is 14.7. The summed E-state index contributed by atoms with van der Waals surface area (Å²) in [4.78, 5) is 0. The molecule has 0 bridgehead atoms. The molecule has 0 amide bonds. The summed E-state index contributed by atoms with van der Waals surface area (Å²) in [7, 11) is -1.53. The van der Waals surface area contributed by atoms with Gasteiger partial charge in [-0.3, -0.25) is 0 Å². The number of hydrogen-bond acceptors (Lipinski definition) is 0. The molecule has 0 aromatic heterocycles. The highest BCUT2D eigenvalue weighted by Crippen LogP contribution is 2.47. The summed E-state index contributed by atoms with van der Waals surface area (Å²) in [6.45, 7) is 9.71. The van der Waals surface area contributed by atoms with Gasteiger partial charge in [0, 0.05) is 5.25 Å². The van der Waals surface area contributed by atoms with E-state index in [2.05, 4.69) is 63.6 Å². The van der Waals surface area contributed by atoms with Crippen molar-refractivity contribution in [2.45, 2.75) is 37.4 Å². The first-order chi connectivity index (χ1) is 6.62. The Morgan fingerprint density at radius 3 is 1.93 bits per heavy atom. The van der Waals surface area contributed by atoms with E-state index in [4.69, 9.17) is 0 Å². The first-order valence-corrected chi connectivity index (χ1v) is 12.2. The Balaban J connectivity index is 2.90. The summed E-state index contributed by atoms with van der Waals surface area (Å²) >= 11 is 0. The van der Waals surface area contributed by atoms with Crippen molar-refractivity contribution in [3.63, 3.8) is 0 Å². The molecule has 0 saturated heterocycles. The van der Waals surface area contributed by atoms with Crippen LogP contribution in [0.1, 0.15) is 6.92 Å². The Kier molecular flexibility index (Phi) is 3.61. The molecule has 0 nitrogen and oxygen atoms in total. The van der Waals surface area contributed by atoms with Gasteiger partial charge in [-0.2, -0.15) is 0 Å². The minimum atomic E-state index is -1.05. The van der Waals surface area contributed by atoms with Crippen molar-refractivity contribution in [3.8, 4) is 0 Å². The van der Waals surface area contributed by atoms with E-state index < -0.39 is 18.1 Å². The van der Waals surface area contributed by atoms with E-state index in [9.17, 15) is 0 Å². The van der Waals surface area contributed by atoms with Crippen LogP contribution in [0.15, 0.2) is 23.8 Å². The largest absolute Gasteiger partial charge is 0.240 e. The Morgan fingerprint density at radius 2 is 1.60 bits per heavy atom. The highest BCUT2D eigenvalue weighted by Gasteiger charge is 2.29. The Labute approximate surface area is 98.2 Å². The molecule has 0 aromatic rings. The van der Waals surface area contributed by atoms with Gasteiger partial charge in [0.05, 0.1) is 8.07 Å². The molecule has 88 valence electrons. The number of hydrogen-bond donors (Lipinski definition) is 0. The van der Waals surface area contributed by atoms with Gasteiger partial charge in [0.25, 0.3) is 0 Å². The van der Waals surface area contributed by atoms with Gasteiger partial charge in [-0.15, -0.1) is 0 Å². The van der Waals surface area contributed by atoms with Gasteiger partial charge < -0.3 is 0 Å². The highest BCUT2D eigenvalue weighted by atomic mass is 32.3. The zero-order valence-corrected chi connectivity index (χ0v) is 13.1. The Bertz CT molecular complexity index is 289. The lowest BCUT2D eigenvalue weighted by Crippen LogP contribution is -2.30.